The van der Waals surface area contributed by atoms with Crippen LogP contribution in [0.15, 0.2) is 152 Å². The van der Waals surface area contributed by atoms with Crippen molar-refractivity contribution in [2.24, 2.45) is 0 Å². The van der Waals surface area contributed by atoms with Gasteiger partial charge in [0.25, 0.3) is 0 Å². The van der Waals surface area contributed by atoms with Gasteiger partial charge in [-0.3, -0.25) is 0 Å². The van der Waals surface area contributed by atoms with Gasteiger partial charge in [-0.05, 0) is 27.8 Å². The summed E-state index contributed by atoms with van der Waals surface area (Å²) in [5.41, 5.74) is 3.92. The van der Waals surface area contributed by atoms with Gasteiger partial charge in [-0.1, -0.05) is 152 Å². The highest BCUT2D eigenvalue weighted by Gasteiger charge is 2.47. The second-order valence-corrected chi connectivity index (χ2v) is 11.2. The summed E-state index contributed by atoms with van der Waals surface area (Å²) in [5.74, 6) is 0. The van der Waals surface area contributed by atoms with E-state index in [1.54, 1.807) is 0 Å². The van der Waals surface area contributed by atoms with Gasteiger partial charge in [0.15, 0.2) is 0 Å². The average molecular weight is 589 g/mol. The molecule has 5 aromatic rings. The fourth-order valence-electron chi connectivity index (χ4n) is 5.73. The van der Waals surface area contributed by atoms with Gasteiger partial charge in [-0.25, -0.2) is 0 Å². The van der Waals surface area contributed by atoms with Crippen LogP contribution in [-0.2, 0) is 37.8 Å². The highest BCUT2D eigenvalue weighted by molar-refractivity contribution is 7.80. The predicted octanol–water partition coefficient (Wildman–Crippen LogP) is 7.82. The quantitative estimate of drug-likeness (QED) is 0.119. The summed E-state index contributed by atoms with van der Waals surface area (Å²) in [6.07, 6.45) is -1.20. The van der Waals surface area contributed by atoms with E-state index in [1.807, 2.05) is 91.0 Å². The standard InChI is InChI=1S/C38H36O4S/c43-37-36(40-27-30-18-8-2-9-19-30)35(39-26-29-16-6-1-7-17-29)34(42-37)28-41-38(31-20-10-3-11-21-31,32-22-12-4-13-23-32)33-24-14-5-15-25-33/h1-25,34-37,43H,26-28H2/t34-,35+,36-,37+/m1/s1. The molecule has 0 aromatic heterocycles. The van der Waals surface area contributed by atoms with Crippen molar-refractivity contribution in [2.45, 2.75) is 42.6 Å². The van der Waals surface area contributed by atoms with E-state index in [2.05, 4.69) is 60.7 Å². The lowest BCUT2D eigenvalue weighted by molar-refractivity contribution is -0.105. The molecule has 0 aliphatic carbocycles. The first-order valence-corrected chi connectivity index (χ1v) is 15.2. The highest BCUT2D eigenvalue weighted by Crippen LogP contribution is 2.41. The van der Waals surface area contributed by atoms with Crippen LogP contribution in [0.3, 0.4) is 0 Å². The molecule has 4 atom stereocenters. The minimum atomic E-state index is -0.869. The smallest absolute Gasteiger partial charge is 0.143 e. The third kappa shape index (κ3) is 6.77. The molecule has 1 heterocycles. The van der Waals surface area contributed by atoms with E-state index < -0.39 is 23.2 Å². The van der Waals surface area contributed by atoms with Crippen molar-refractivity contribution in [3.63, 3.8) is 0 Å². The molecular weight excluding hydrogens is 552 g/mol. The minimum absolute atomic E-state index is 0.264. The lowest BCUT2D eigenvalue weighted by Crippen LogP contribution is -2.41. The molecule has 5 aromatic carbocycles. The molecule has 1 fully saturated rings. The van der Waals surface area contributed by atoms with E-state index in [0.717, 1.165) is 27.8 Å². The van der Waals surface area contributed by atoms with Crippen LogP contribution < -0.4 is 0 Å². The Hall–Kier alpha value is -3.71. The normalized spacial score (nSPS) is 20.2. The maximum atomic E-state index is 7.12. The zero-order valence-electron chi connectivity index (χ0n) is 23.9. The summed E-state index contributed by atoms with van der Waals surface area (Å²) < 4.78 is 26.6. The second-order valence-electron chi connectivity index (χ2n) is 10.7. The summed E-state index contributed by atoms with van der Waals surface area (Å²) in [4.78, 5) is 0. The van der Waals surface area contributed by atoms with E-state index in [9.17, 15) is 0 Å². The molecule has 0 saturated carbocycles. The molecule has 0 spiro atoms. The van der Waals surface area contributed by atoms with Crippen LogP contribution in [0.1, 0.15) is 27.8 Å². The van der Waals surface area contributed by atoms with Crippen LogP contribution in [0.2, 0.25) is 0 Å². The molecule has 1 aliphatic heterocycles. The summed E-state index contributed by atoms with van der Waals surface area (Å²) in [5, 5.41) is 0. The van der Waals surface area contributed by atoms with Crippen LogP contribution in [-0.4, -0.2) is 30.4 Å². The zero-order valence-corrected chi connectivity index (χ0v) is 24.8. The van der Waals surface area contributed by atoms with Gasteiger partial charge in [-0.15, -0.1) is 12.6 Å². The molecular formula is C38H36O4S. The number of benzene rings is 5. The molecule has 0 bridgehead atoms. The fourth-order valence-corrected chi connectivity index (χ4v) is 6.14. The minimum Gasteiger partial charge on any atom is -0.368 e. The Morgan fingerprint density at radius 3 is 1.30 bits per heavy atom. The van der Waals surface area contributed by atoms with Crippen molar-refractivity contribution in [1.82, 2.24) is 0 Å². The van der Waals surface area contributed by atoms with E-state index in [-0.39, 0.29) is 12.7 Å². The van der Waals surface area contributed by atoms with Crippen LogP contribution >= 0.6 is 12.6 Å². The Kier molecular flexibility index (Phi) is 9.68. The summed E-state index contributed by atoms with van der Waals surface area (Å²) in [7, 11) is 0. The summed E-state index contributed by atoms with van der Waals surface area (Å²) in [6, 6.07) is 51.4. The third-order valence-corrected chi connectivity index (χ3v) is 8.28. The molecule has 0 radical (unpaired) electrons. The van der Waals surface area contributed by atoms with E-state index in [1.165, 1.54) is 0 Å². The number of ether oxygens (including phenoxy) is 4. The second kappa shape index (κ2) is 14.2. The van der Waals surface area contributed by atoms with Gasteiger partial charge in [0, 0.05) is 0 Å². The van der Waals surface area contributed by atoms with Gasteiger partial charge in [-0.2, -0.15) is 0 Å². The molecule has 0 N–H and O–H groups in total. The van der Waals surface area contributed by atoms with Gasteiger partial charge < -0.3 is 18.9 Å². The van der Waals surface area contributed by atoms with Gasteiger partial charge in [0.05, 0.1) is 19.8 Å². The number of hydrogen-bond acceptors (Lipinski definition) is 5. The van der Waals surface area contributed by atoms with Crippen LogP contribution in [0, 0.1) is 0 Å². The number of thiol groups is 1. The maximum absolute atomic E-state index is 7.12. The molecule has 1 aliphatic rings. The first-order valence-electron chi connectivity index (χ1n) is 14.7. The Balaban J connectivity index is 1.32. The third-order valence-electron chi connectivity index (χ3n) is 7.86. The van der Waals surface area contributed by atoms with Crippen molar-refractivity contribution < 1.29 is 18.9 Å². The van der Waals surface area contributed by atoms with E-state index in [4.69, 9.17) is 31.6 Å². The maximum Gasteiger partial charge on any atom is 0.143 e. The molecule has 0 amide bonds. The van der Waals surface area contributed by atoms with Crippen LogP contribution in [0.4, 0.5) is 0 Å². The van der Waals surface area contributed by atoms with Crippen molar-refractivity contribution in [1.29, 1.82) is 0 Å². The summed E-state index contributed by atoms with van der Waals surface area (Å²) in [6.45, 7) is 1.13. The largest absolute Gasteiger partial charge is 0.368 e. The Morgan fingerprint density at radius 1 is 0.512 bits per heavy atom. The lowest BCUT2D eigenvalue weighted by Gasteiger charge is -2.37. The van der Waals surface area contributed by atoms with Crippen LogP contribution in [0.25, 0.3) is 0 Å². The lowest BCUT2D eigenvalue weighted by atomic mass is 9.80. The Morgan fingerprint density at radius 2 is 0.884 bits per heavy atom. The van der Waals surface area contributed by atoms with Crippen molar-refractivity contribution in [3.05, 3.63) is 179 Å². The van der Waals surface area contributed by atoms with Gasteiger partial charge in [0.2, 0.25) is 0 Å². The molecule has 4 nitrogen and oxygen atoms in total. The van der Waals surface area contributed by atoms with Crippen LogP contribution in [0.5, 0.6) is 0 Å². The number of rotatable bonds is 12. The molecule has 6 rings (SSSR count). The molecule has 218 valence electrons. The first kappa shape index (κ1) is 29.4. The molecule has 0 unspecified atom stereocenters. The molecule has 43 heavy (non-hydrogen) atoms. The predicted molar refractivity (Wildman–Crippen MR) is 173 cm³/mol. The van der Waals surface area contributed by atoms with Crippen molar-refractivity contribution in [3.8, 4) is 0 Å². The van der Waals surface area contributed by atoms with E-state index >= 15 is 0 Å². The van der Waals surface area contributed by atoms with Crippen molar-refractivity contribution in [2.75, 3.05) is 6.61 Å². The van der Waals surface area contributed by atoms with Gasteiger partial charge >= 0.3 is 0 Å². The monoisotopic (exact) mass is 588 g/mol. The van der Waals surface area contributed by atoms with Gasteiger partial charge in [0.1, 0.15) is 29.3 Å². The Labute approximate surface area is 259 Å². The van der Waals surface area contributed by atoms with E-state index in [0.29, 0.717) is 13.2 Å². The zero-order chi connectivity index (χ0) is 29.3. The number of hydrogen-bond donors (Lipinski definition) is 1. The fraction of sp³-hybridized carbons (Fsp3) is 0.211. The summed E-state index contributed by atoms with van der Waals surface area (Å²) >= 11 is 4.83. The Bertz CT molecular complexity index is 1420. The molecule has 1 saturated heterocycles. The first-order chi connectivity index (χ1) is 21.2. The topological polar surface area (TPSA) is 36.9 Å². The molecule has 5 heteroatoms. The SMILES string of the molecule is S[C@@H]1O[C@H](COC(c2ccccc2)(c2ccccc2)c2ccccc2)[C@H](OCc2ccccc2)[C@H]1OCc1ccccc1. The average Bonchev–Trinajstić information content (AvgIpc) is 3.39. The highest BCUT2D eigenvalue weighted by atomic mass is 32.1. The van der Waals surface area contributed by atoms with Crippen molar-refractivity contribution >= 4 is 12.6 Å².